The van der Waals surface area contributed by atoms with Crippen molar-refractivity contribution in [2.24, 2.45) is 11.8 Å². The maximum Gasteiger partial charge on any atom is 0.404 e. The monoisotopic (exact) mass is 239 g/mol. The summed E-state index contributed by atoms with van der Waals surface area (Å²) in [7, 11) is 0. The molecule has 0 unspecified atom stereocenters. The Morgan fingerprint density at radius 1 is 0.941 bits per heavy atom. The first-order valence-corrected chi connectivity index (χ1v) is 7.23. The number of hydrogen-bond acceptors (Lipinski definition) is 1. The highest BCUT2D eigenvalue weighted by molar-refractivity contribution is 5.64. The first-order valence-electron chi connectivity index (χ1n) is 7.23. The van der Waals surface area contributed by atoms with Crippen molar-refractivity contribution >= 4 is 6.09 Å². The molecular formula is C14H25NO2. The third kappa shape index (κ3) is 4.21. The van der Waals surface area contributed by atoms with Crippen LogP contribution in [0.5, 0.6) is 0 Å². The number of rotatable bonds is 3. The third-order valence-electron chi connectivity index (χ3n) is 4.57. The van der Waals surface area contributed by atoms with E-state index >= 15 is 0 Å². The van der Waals surface area contributed by atoms with Crippen LogP contribution in [-0.2, 0) is 0 Å². The molecular weight excluding hydrogens is 214 g/mol. The zero-order valence-corrected chi connectivity index (χ0v) is 10.7. The van der Waals surface area contributed by atoms with Crippen LogP contribution in [0.15, 0.2) is 0 Å². The largest absolute Gasteiger partial charge is 0.465 e. The molecule has 0 atom stereocenters. The van der Waals surface area contributed by atoms with Gasteiger partial charge >= 0.3 is 6.09 Å². The standard InChI is InChI=1S/C14H25NO2/c16-14(17)15-13-8-6-12(7-9-13)10-11-4-2-1-3-5-11/h11-13,15H,1-10H2,(H,16,17). The van der Waals surface area contributed by atoms with E-state index in [1.54, 1.807) is 0 Å². The Balaban J connectivity index is 1.66. The van der Waals surface area contributed by atoms with Crippen molar-refractivity contribution in [3.8, 4) is 0 Å². The summed E-state index contributed by atoms with van der Waals surface area (Å²) >= 11 is 0. The van der Waals surface area contributed by atoms with Crippen molar-refractivity contribution in [3.63, 3.8) is 0 Å². The smallest absolute Gasteiger partial charge is 0.404 e. The molecule has 2 rings (SSSR count). The molecule has 2 fully saturated rings. The van der Waals surface area contributed by atoms with Crippen LogP contribution in [0.3, 0.4) is 0 Å². The van der Waals surface area contributed by atoms with E-state index in [0.717, 1.165) is 24.7 Å². The van der Waals surface area contributed by atoms with Crippen LogP contribution in [0, 0.1) is 11.8 Å². The fourth-order valence-electron chi connectivity index (χ4n) is 3.61. The third-order valence-corrected chi connectivity index (χ3v) is 4.57. The van der Waals surface area contributed by atoms with Gasteiger partial charge in [0.1, 0.15) is 0 Å². The van der Waals surface area contributed by atoms with Gasteiger partial charge in [0.2, 0.25) is 0 Å². The van der Waals surface area contributed by atoms with Gasteiger partial charge in [-0.1, -0.05) is 32.1 Å². The van der Waals surface area contributed by atoms with Crippen LogP contribution < -0.4 is 5.32 Å². The predicted octanol–water partition coefficient (Wildman–Crippen LogP) is 3.78. The maximum absolute atomic E-state index is 10.6. The summed E-state index contributed by atoms with van der Waals surface area (Å²) in [6, 6.07) is 0.218. The van der Waals surface area contributed by atoms with Gasteiger partial charge in [-0.15, -0.1) is 0 Å². The van der Waals surface area contributed by atoms with E-state index in [-0.39, 0.29) is 6.04 Å². The second-order valence-electron chi connectivity index (χ2n) is 5.91. The Morgan fingerprint density at radius 3 is 2.12 bits per heavy atom. The van der Waals surface area contributed by atoms with Crippen LogP contribution >= 0.6 is 0 Å². The van der Waals surface area contributed by atoms with Gasteiger partial charge < -0.3 is 10.4 Å². The fourth-order valence-corrected chi connectivity index (χ4v) is 3.61. The summed E-state index contributed by atoms with van der Waals surface area (Å²) in [5.74, 6) is 1.84. The van der Waals surface area contributed by atoms with Gasteiger partial charge in [0.15, 0.2) is 0 Å². The van der Waals surface area contributed by atoms with Crippen LogP contribution in [0.4, 0.5) is 4.79 Å². The summed E-state index contributed by atoms with van der Waals surface area (Å²) in [6.07, 6.45) is 12.3. The molecule has 2 aliphatic rings. The second kappa shape index (κ2) is 6.27. The lowest BCUT2D eigenvalue weighted by molar-refractivity contribution is 0.177. The Morgan fingerprint density at radius 2 is 1.53 bits per heavy atom. The number of carbonyl (C=O) groups is 1. The van der Waals surface area contributed by atoms with Crippen molar-refractivity contribution in [2.45, 2.75) is 70.3 Å². The Labute approximate surface area is 104 Å². The molecule has 98 valence electrons. The van der Waals surface area contributed by atoms with Crippen LogP contribution in [0.1, 0.15) is 64.2 Å². The number of hydrogen-bond donors (Lipinski definition) is 2. The van der Waals surface area contributed by atoms with E-state index in [1.807, 2.05) is 0 Å². The average Bonchev–Trinajstić information content (AvgIpc) is 2.32. The van der Waals surface area contributed by atoms with Gasteiger partial charge in [0.05, 0.1) is 0 Å². The molecule has 0 aromatic carbocycles. The quantitative estimate of drug-likeness (QED) is 0.787. The molecule has 0 aromatic rings. The van der Waals surface area contributed by atoms with Crippen LogP contribution in [0.25, 0.3) is 0 Å². The van der Waals surface area contributed by atoms with Crippen LogP contribution in [-0.4, -0.2) is 17.2 Å². The number of amides is 1. The molecule has 0 heterocycles. The first kappa shape index (κ1) is 12.7. The SMILES string of the molecule is O=C(O)NC1CCC(CC2CCCCC2)CC1. The normalized spacial score (nSPS) is 31.1. The Kier molecular flexibility index (Phi) is 4.69. The van der Waals surface area contributed by atoms with Gasteiger partial charge in [-0.05, 0) is 43.9 Å². The minimum Gasteiger partial charge on any atom is -0.465 e. The van der Waals surface area contributed by atoms with E-state index in [4.69, 9.17) is 5.11 Å². The lowest BCUT2D eigenvalue weighted by Gasteiger charge is -2.32. The van der Waals surface area contributed by atoms with Crippen LogP contribution in [0.2, 0.25) is 0 Å². The predicted molar refractivity (Wildman–Crippen MR) is 68.1 cm³/mol. The van der Waals surface area contributed by atoms with Gasteiger partial charge in [-0.25, -0.2) is 4.79 Å². The lowest BCUT2D eigenvalue weighted by atomic mass is 9.76. The first-order chi connectivity index (χ1) is 8.24. The second-order valence-corrected chi connectivity index (χ2v) is 5.91. The molecule has 2 aliphatic carbocycles. The fraction of sp³-hybridized carbons (Fsp3) is 0.929. The molecule has 17 heavy (non-hydrogen) atoms. The molecule has 0 spiro atoms. The van der Waals surface area contributed by atoms with Crippen molar-refractivity contribution in [3.05, 3.63) is 0 Å². The molecule has 0 bridgehead atoms. The maximum atomic E-state index is 10.6. The van der Waals surface area contributed by atoms with E-state index in [1.165, 1.54) is 51.4 Å². The highest BCUT2D eigenvalue weighted by Gasteiger charge is 2.25. The molecule has 2 saturated carbocycles. The molecule has 2 N–H and O–H groups in total. The molecule has 0 aromatic heterocycles. The van der Waals surface area contributed by atoms with Gasteiger partial charge in [-0.3, -0.25) is 0 Å². The molecule has 0 saturated heterocycles. The Bertz CT molecular complexity index is 241. The lowest BCUT2D eigenvalue weighted by Crippen LogP contribution is -2.36. The Hall–Kier alpha value is -0.730. The molecule has 0 aliphatic heterocycles. The van der Waals surface area contributed by atoms with E-state index in [0.29, 0.717) is 0 Å². The summed E-state index contributed by atoms with van der Waals surface area (Å²) in [4.78, 5) is 10.6. The van der Waals surface area contributed by atoms with Crippen molar-refractivity contribution < 1.29 is 9.90 Å². The zero-order valence-electron chi connectivity index (χ0n) is 10.7. The van der Waals surface area contributed by atoms with Gasteiger partial charge in [0, 0.05) is 6.04 Å². The average molecular weight is 239 g/mol. The molecule has 3 heteroatoms. The minimum absolute atomic E-state index is 0.218. The van der Waals surface area contributed by atoms with Crippen molar-refractivity contribution in [1.82, 2.24) is 5.32 Å². The summed E-state index contributed by atoms with van der Waals surface area (Å²) in [5, 5.41) is 11.3. The molecule has 3 nitrogen and oxygen atoms in total. The van der Waals surface area contributed by atoms with Gasteiger partial charge in [0.25, 0.3) is 0 Å². The summed E-state index contributed by atoms with van der Waals surface area (Å²) in [6.45, 7) is 0. The van der Waals surface area contributed by atoms with Gasteiger partial charge in [-0.2, -0.15) is 0 Å². The highest BCUT2D eigenvalue weighted by atomic mass is 16.4. The number of carboxylic acid groups (broad SMARTS) is 1. The zero-order chi connectivity index (χ0) is 12.1. The molecule has 1 amide bonds. The highest BCUT2D eigenvalue weighted by Crippen LogP contribution is 2.35. The number of nitrogens with one attached hydrogen (secondary N) is 1. The molecule has 0 radical (unpaired) electrons. The van der Waals surface area contributed by atoms with Crippen molar-refractivity contribution in [1.29, 1.82) is 0 Å². The topological polar surface area (TPSA) is 49.3 Å². The van der Waals surface area contributed by atoms with E-state index in [2.05, 4.69) is 5.32 Å². The summed E-state index contributed by atoms with van der Waals surface area (Å²) in [5.41, 5.74) is 0. The van der Waals surface area contributed by atoms with E-state index < -0.39 is 6.09 Å². The minimum atomic E-state index is -0.860. The van der Waals surface area contributed by atoms with Crippen molar-refractivity contribution in [2.75, 3.05) is 0 Å². The summed E-state index contributed by atoms with van der Waals surface area (Å²) < 4.78 is 0. The van der Waals surface area contributed by atoms with E-state index in [9.17, 15) is 4.79 Å².